The van der Waals surface area contributed by atoms with Crippen LogP contribution in [0.4, 0.5) is 0 Å². The third kappa shape index (κ3) is 4.47. The van der Waals surface area contributed by atoms with Crippen LogP contribution >= 0.6 is 0 Å². The van der Waals surface area contributed by atoms with Crippen molar-refractivity contribution < 1.29 is 19.1 Å². The second-order valence-electron chi connectivity index (χ2n) is 8.81. The normalized spacial score (nSPS) is 16.9. The fourth-order valence-corrected chi connectivity index (χ4v) is 4.93. The highest BCUT2D eigenvalue weighted by Crippen LogP contribution is 2.36. The van der Waals surface area contributed by atoms with Crippen molar-refractivity contribution >= 4 is 22.8 Å². The molecule has 0 spiro atoms. The maximum absolute atomic E-state index is 12.7. The summed E-state index contributed by atoms with van der Waals surface area (Å²) in [6.45, 7) is 5.97. The number of esters is 1. The molecule has 3 aromatic rings. The SMILES string of the molecule is CCCN1CCC(Cc2ccc3[nH]cc(C(C)c4ccc(C(=O)OC)cc4OC)c3c2)C1=O. The smallest absolute Gasteiger partial charge is 0.337 e. The Balaban J connectivity index is 1.61. The number of amides is 1. The van der Waals surface area contributed by atoms with E-state index in [2.05, 4.69) is 37.0 Å². The molecule has 1 aliphatic heterocycles. The Morgan fingerprint density at radius 2 is 2.00 bits per heavy atom. The number of nitrogens with one attached hydrogen (secondary N) is 1. The number of fused-ring (bicyclic) bond motifs is 1. The van der Waals surface area contributed by atoms with Gasteiger partial charge >= 0.3 is 5.97 Å². The Morgan fingerprint density at radius 1 is 1.18 bits per heavy atom. The molecule has 1 fully saturated rings. The lowest BCUT2D eigenvalue weighted by Gasteiger charge is -2.17. The van der Waals surface area contributed by atoms with Crippen molar-refractivity contribution in [1.82, 2.24) is 9.88 Å². The molecule has 1 amide bonds. The molecule has 0 aliphatic carbocycles. The summed E-state index contributed by atoms with van der Waals surface area (Å²) in [7, 11) is 2.98. The second kappa shape index (κ2) is 9.69. The summed E-state index contributed by atoms with van der Waals surface area (Å²) in [5, 5.41) is 1.15. The quantitative estimate of drug-likeness (QED) is 0.497. The van der Waals surface area contributed by atoms with Gasteiger partial charge in [-0.2, -0.15) is 0 Å². The van der Waals surface area contributed by atoms with Gasteiger partial charge in [0.15, 0.2) is 0 Å². The third-order valence-corrected chi connectivity index (χ3v) is 6.75. The van der Waals surface area contributed by atoms with Gasteiger partial charge in [0, 0.05) is 47.6 Å². The molecule has 2 heterocycles. The number of carbonyl (C=O) groups is 2. The molecule has 33 heavy (non-hydrogen) atoms. The monoisotopic (exact) mass is 448 g/mol. The van der Waals surface area contributed by atoms with Gasteiger partial charge in [-0.15, -0.1) is 0 Å². The lowest BCUT2D eigenvalue weighted by atomic mass is 9.90. The van der Waals surface area contributed by atoms with Crippen molar-refractivity contribution in [3.8, 4) is 5.75 Å². The van der Waals surface area contributed by atoms with Crippen LogP contribution < -0.4 is 4.74 Å². The number of methoxy groups -OCH3 is 2. The first-order chi connectivity index (χ1) is 16.0. The molecule has 1 saturated heterocycles. The topological polar surface area (TPSA) is 71.6 Å². The fraction of sp³-hybridized carbons (Fsp3) is 0.407. The van der Waals surface area contributed by atoms with Gasteiger partial charge < -0.3 is 19.4 Å². The number of hydrogen-bond acceptors (Lipinski definition) is 4. The minimum Gasteiger partial charge on any atom is -0.496 e. The summed E-state index contributed by atoms with van der Waals surface area (Å²) >= 11 is 0. The van der Waals surface area contributed by atoms with Gasteiger partial charge in [0.1, 0.15) is 5.75 Å². The maximum Gasteiger partial charge on any atom is 0.337 e. The Hall–Kier alpha value is -3.28. The predicted molar refractivity (Wildman–Crippen MR) is 129 cm³/mol. The number of likely N-dealkylation sites (tertiary alicyclic amines) is 1. The van der Waals surface area contributed by atoms with E-state index in [9.17, 15) is 9.59 Å². The van der Waals surface area contributed by atoms with E-state index in [-0.39, 0.29) is 23.7 Å². The van der Waals surface area contributed by atoms with Crippen LogP contribution in [0.2, 0.25) is 0 Å². The molecule has 2 aromatic carbocycles. The Morgan fingerprint density at radius 3 is 2.73 bits per heavy atom. The number of H-pyrrole nitrogens is 1. The van der Waals surface area contributed by atoms with Gasteiger partial charge in [0.2, 0.25) is 5.91 Å². The van der Waals surface area contributed by atoms with E-state index in [0.717, 1.165) is 54.4 Å². The van der Waals surface area contributed by atoms with Gasteiger partial charge in [-0.25, -0.2) is 4.79 Å². The van der Waals surface area contributed by atoms with E-state index in [1.165, 1.54) is 12.7 Å². The minimum atomic E-state index is -0.386. The second-order valence-corrected chi connectivity index (χ2v) is 8.81. The zero-order valence-corrected chi connectivity index (χ0v) is 19.8. The molecule has 1 N–H and O–H groups in total. The predicted octanol–water partition coefficient (Wildman–Crippen LogP) is 4.92. The molecule has 6 nitrogen and oxygen atoms in total. The van der Waals surface area contributed by atoms with Gasteiger partial charge in [-0.05, 0) is 54.7 Å². The van der Waals surface area contributed by atoms with Crippen LogP contribution in [-0.4, -0.2) is 49.1 Å². The summed E-state index contributed by atoms with van der Waals surface area (Å²) in [6, 6.07) is 11.9. The molecule has 0 saturated carbocycles. The Bertz CT molecular complexity index is 1170. The summed E-state index contributed by atoms with van der Waals surface area (Å²) in [5.41, 5.74) is 4.86. The Labute approximate surface area is 194 Å². The summed E-state index contributed by atoms with van der Waals surface area (Å²) in [6.07, 6.45) is 4.73. The van der Waals surface area contributed by atoms with E-state index in [1.807, 2.05) is 17.2 Å². The molecule has 1 aliphatic rings. The third-order valence-electron chi connectivity index (χ3n) is 6.75. The molecule has 174 valence electrons. The summed E-state index contributed by atoms with van der Waals surface area (Å²) in [4.78, 5) is 30.0. The number of nitrogens with zero attached hydrogens (tertiary/aromatic N) is 1. The first kappa shape index (κ1) is 22.9. The molecule has 2 atom stereocenters. The number of carbonyl (C=O) groups excluding carboxylic acids is 2. The minimum absolute atomic E-state index is 0.0452. The van der Waals surface area contributed by atoms with Crippen LogP contribution in [0.3, 0.4) is 0 Å². The van der Waals surface area contributed by atoms with E-state index in [0.29, 0.717) is 11.3 Å². The zero-order valence-electron chi connectivity index (χ0n) is 19.8. The van der Waals surface area contributed by atoms with Crippen molar-refractivity contribution in [3.05, 3.63) is 64.8 Å². The molecule has 1 aromatic heterocycles. The lowest BCUT2D eigenvalue weighted by Crippen LogP contribution is -2.28. The van der Waals surface area contributed by atoms with Crippen LogP contribution in [0, 0.1) is 5.92 Å². The molecular weight excluding hydrogens is 416 g/mol. The van der Waals surface area contributed by atoms with Crippen molar-refractivity contribution in [3.63, 3.8) is 0 Å². The zero-order chi connectivity index (χ0) is 23.5. The molecule has 6 heteroatoms. The standard InChI is InChI=1S/C27H32N2O4/c1-5-11-29-12-10-19(26(29)30)13-18-6-9-24-22(14-18)23(16-28-24)17(2)21-8-7-20(27(31)33-4)15-25(21)32-3/h6-9,14-17,19,28H,5,10-13H2,1-4H3. The van der Waals surface area contributed by atoms with Gasteiger partial charge in [0.25, 0.3) is 0 Å². The van der Waals surface area contributed by atoms with E-state index >= 15 is 0 Å². The number of rotatable bonds is 8. The molecule has 2 unspecified atom stereocenters. The number of hydrogen-bond donors (Lipinski definition) is 1. The summed E-state index contributed by atoms with van der Waals surface area (Å²) in [5.74, 6) is 0.672. The van der Waals surface area contributed by atoms with Crippen molar-refractivity contribution in [2.45, 2.75) is 39.0 Å². The highest BCUT2D eigenvalue weighted by molar-refractivity contribution is 5.90. The fourth-order valence-electron chi connectivity index (χ4n) is 4.93. The van der Waals surface area contributed by atoms with Crippen LogP contribution in [0.25, 0.3) is 10.9 Å². The van der Waals surface area contributed by atoms with E-state index in [4.69, 9.17) is 9.47 Å². The van der Waals surface area contributed by atoms with Crippen LogP contribution in [0.5, 0.6) is 5.75 Å². The number of aromatic amines is 1. The molecule has 4 rings (SSSR count). The van der Waals surface area contributed by atoms with E-state index < -0.39 is 0 Å². The Kier molecular flexibility index (Phi) is 6.72. The first-order valence-corrected chi connectivity index (χ1v) is 11.6. The molecule has 0 radical (unpaired) electrons. The van der Waals surface area contributed by atoms with Crippen LogP contribution in [-0.2, 0) is 16.0 Å². The lowest BCUT2D eigenvalue weighted by molar-refractivity contribution is -0.130. The van der Waals surface area contributed by atoms with Gasteiger partial charge in [-0.3, -0.25) is 4.79 Å². The number of ether oxygens (including phenoxy) is 2. The van der Waals surface area contributed by atoms with Gasteiger partial charge in [0.05, 0.1) is 19.8 Å². The average molecular weight is 449 g/mol. The number of aromatic nitrogens is 1. The van der Waals surface area contributed by atoms with Crippen molar-refractivity contribution in [1.29, 1.82) is 0 Å². The molecule has 0 bridgehead atoms. The highest BCUT2D eigenvalue weighted by atomic mass is 16.5. The first-order valence-electron chi connectivity index (χ1n) is 11.6. The van der Waals surface area contributed by atoms with Crippen LogP contribution in [0.1, 0.15) is 59.7 Å². The van der Waals surface area contributed by atoms with Crippen LogP contribution in [0.15, 0.2) is 42.6 Å². The van der Waals surface area contributed by atoms with E-state index in [1.54, 1.807) is 19.2 Å². The number of benzene rings is 2. The molecular formula is C27H32N2O4. The van der Waals surface area contributed by atoms with Gasteiger partial charge in [-0.1, -0.05) is 26.0 Å². The highest BCUT2D eigenvalue weighted by Gasteiger charge is 2.31. The van der Waals surface area contributed by atoms with Crippen molar-refractivity contribution in [2.75, 3.05) is 27.3 Å². The van der Waals surface area contributed by atoms with Crippen molar-refractivity contribution in [2.24, 2.45) is 5.92 Å². The summed E-state index contributed by atoms with van der Waals surface area (Å²) < 4.78 is 10.4. The maximum atomic E-state index is 12.7. The largest absolute Gasteiger partial charge is 0.496 e. The average Bonchev–Trinajstić information content (AvgIpc) is 3.41.